The maximum absolute atomic E-state index is 13.1. The highest BCUT2D eigenvalue weighted by atomic mass is 35.5. The number of hydrogen-bond acceptors (Lipinski definition) is 3. The maximum Gasteiger partial charge on any atom is 0.242 e. The molecule has 0 saturated heterocycles. The van der Waals surface area contributed by atoms with Gasteiger partial charge in [0.15, 0.2) is 0 Å². The van der Waals surface area contributed by atoms with E-state index in [-0.39, 0.29) is 17.6 Å². The van der Waals surface area contributed by atoms with Crippen LogP contribution in [-0.2, 0) is 16.1 Å². The van der Waals surface area contributed by atoms with Crippen molar-refractivity contribution in [3.63, 3.8) is 0 Å². The Morgan fingerprint density at radius 2 is 1.83 bits per heavy atom. The van der Waals surface area contributed by atoms with Crippen molar-refractivity contribution in [1.82, 2.24) is 10.2 Å². The van der Waals surface area contributed by atoms with Gasteiger partial charge in [-0.3, -0.25) is 9.59 Å². The minimum absolute atomic E-state index is 0.0636. The number of rotatable bonds is 10. The van der Waals surface area contributed by atoms with Gasteiger partial charge in [0.1, 0.15) is 6.04 Å². The normalized spacial score (nSPS) is 11.7. The fourth-order valence-corrected chi connectivity index (χ4v) is 3.76. The highest BCUT2D eigenvalue weighted by Crippen LogP contribution is 2.22. The van der Waals surface area contributed by atoms with E-state index in [0.29, 0.717) is 18.1 Å². The summed E-state index contributed by atoms with van der Waals surface area (Å²) in [5, 5.41) is 3.61. The standard InChI is InChI=1S/C23H29ClN2O2S/c1-4-5-14-25-23(28)18(3)26(15-19-9-7-6-8-17(19)2)22(27)16-29-21-12-10-20(24)11-13-21/h6-13,18H,4-5,14-16H2,1-3H3,(H,25,28)/t18-/m1/s1. The van der Waals surface area contributed by atoms with Crippen LogP contribution < -0.4 is 5.32 Å². The molecule has 0 spiro atoms. The van der Waals surface area contributed by atoms with Crippen LogP contribution in [0.25, 0.3) is 0 Å². The molecule has 0 saturated carbocycles. The Bertz CT molecular complexity index is 811. The molecule has 6 heteroatoms. The van der Waals surface area contributed by atoms with Gasteiger partial charge in [-0.05, 0) is 55.7 Å². The average Bonchev–Trinajstić information content (AvgIpc) is 2.72. The largest absolute Gasteiger partial charge is 0.354 e. The first-order chi connectivity index (χ1) is 13.9. The van der Waals surface area contributed by atoms with Crippen LogP contribution >= 0.6 is 23.4 Å². The van der Waals surface area contributed by atoms with Crippen molar-refractivity contribution in [1.29, 1.82) is 0 Å². The Balaban J connectivity index is 2.11. The molecule has 0 aliphatic heterocycles. The number of aryl methyl sites for hydroxylation is 1. The lowest BCUT2D eigenvalue weighted by Gasteiger charge is -2.29. The van der Waals surface area contributed by atoms with Crippen LogP contribution in [0.4, 0.5) is 0 Å². The smallest absolute Gasteiger partial charge is 0.242 e. The van der Waals surface area contributed by atoms with E-state index in [4.69, 9.17) is 11.6 Å². The molecule has 1 atom stereocenters. The fourth-order valence-electron chi connectivity index (χ4n) is 2.85. The van der Waals surface area contributed by atoms with Crippen LogP contribution in [0.1, 0.15) is 37.8 Å². The van der Waals surface area contributed by atoms with Crippen molar-refractivity contribution in [2.45, 2.75) is 51.1 Å². The second kappa shape index (κ2) is 11.9. The first kappa shape index (κ1) is 23.3. The van der Waals surface area contributed by atoms with E-state index >= 15 is 0 Å². The monoisotopic (exact) mass is 432 g/mol. The van der Waals surface area contributed by atoms with Crippen molar-refractivity contribution in [3.05, 3.63) is 64.7 Å². The van der Waals surface area contributed by atoms with Crippen molar-refractivity contribution in [3.8, 4) is 0 Å². The molecule has 0 aliphatic rings. The molecule has 29 heavy (non-hydrogen) atoms. The number of benzene rings is 2. The highest BCUT2D eigenvalue weighted by Gasteiger charge is 2.26. The lowest BCUT2D eigenvalue weighted by molar-refractivity contribution is -0.138. The number of unbranched alkanes of at least 4 members (excludes halogenated alkanes) is 1. The molecule has 2 amide bonds. The summed E-state index contributed by atoms with van der Waals surface area (Å²) >= 11 is 7.38. The summed E-state index contributed by atoms with van der Waals surface area (Å²) in [6.07, 6.45) is 1.94. The summed E-state index contributed by atoms with van der Waals surface area (Å²) in [6.45, 7) is 6.94. The molecule has 1 N–H and O–H groups in total. The van der Waals surface area contributed by atoms with Gasteiger partial charge in [-0.25, -0.2) is 0 Å². The molecular formula is C23H29ClN2O2S. The Morgan fingerprint density at radius 3 is 2.48 bits per heavy atom. The molecule has 2 aromatic rings. The number of hydrogen-bond donors (Lipinski definition) is 1. The van der Waals surface area contributed by atoms with Crippen molar-refractivity contribution in [2.75, 3.05) is 12.3 Å². The topological polar surface area (TPSA) is 49.4 Å². The van der Waals surface area contributed by atoms with Gasteiger partial charge in [-0.1, -0.05) is 49.2 Å². The van der Waals surface area contributed by atoms with Crippen LogP contribution in [-0.4, -0.2) is 35.1 Å². The van der Waals surface area contributed by atoms with Gasteiger partial charge in [-0.15, -0.1) is 11.8 Å². The van der Waals surface area contributed by atoms with Gasteiger partial charge in [0.25, 0.3) is 0 Å². The Kier molecular flexibility index (Phi) is 9.55. The zero-order chi connectivity index (χ0) is 21.2. The molecule has 0 heterocycles. The quantitative estimate of drug-likeness (QED) is 0.421. The minimum atomic E-state index is -0.537. The molecule has 0 unspecified atom stereocenters. The molecule has 4 nitrogen and oxygen atoms in total. The zero-order valence-corrected chi connectivity index (χ0v) is 18.9. The van der Waals surface area contributed by atoms with Crippen LogP contribution in [0.3, 0.4) is 0 Å². The van der Waals surface area contributed by atoms with Crippen LogP contribution in [0.2, 0.25) is 5.02 Å². The summed E-state index contributed by atoms with van der Waals surface area (Å²) < 4.78 is 0. The molecule has 0 bridgehead atoms. The number of nitrogens with one attached hydrogen (secondary N) is 1. The molecular weight excluding hydrogens is 404 g/mol. The molecule has 0 radical (unpaired) electrons. The summed E-state index contributed by atoms with van der Waals surface area (Å²) in [6, 6.07) is 14.8. The van der Waals surface area contributed by atoms with Crippen molar-refractivity contribution >= 4 is 35.2 Å². The SMILES string of the molecule is CCCCNC(=O)[C@@H](C)N(Cc1ccccc1C)C(=O)CSc1ccc(Cl)cc1. The van der Waals surface area contributed by atoms with E-state index in [1.54, 1.807) is 11.8 Å². The average molecular weight is 433 g/mol. The van der Waals surface area contributed by atoms with Gasteiger partial charge >= 0.3 is 0 Å². The third-order valence-corrected chi connectivity index (χ3v) is 6.02. The van der Waals surface area contributed by atoms with E-state index in [1.165, 1.54) is 11.8 Å². The van der Waals surface area contributed by atoms with Gasteiger partial charge in [0.05, 0.1) is 5.75 Å². The number of thioether (sulfide) groups is 1. The molecule has 0 aromatic heterocycles. The fraction of sp³-hybridized carbons (Fsp3) is 0.391. The van der Waals surface area contributed by atoms with Crippen molar-refractivity contribution in [2.24, 2.45) is 0 Å². The Labute approximate surface area is 183 Å². The molecule has 2 rings (SSSR count). The second-order valence-corrected chi connectivity index (χ2v) is 8.50. The number of carbonyl (C=O) groups is 2. The van der Waals surface area contributed by atoms with E-state index in [0.717, 1.165) is 28.9 Å². The summed E-state index contributed by atoms with van der Waals surface area (Å²) in [4.78, 5) is 28.3. The zero-order valence-electron chi connectivity index (χ0n) is 17.3. The van der Waals surface area contributed by atoms with Gasteiger partial charge in [-0.2, -0.15) is 0 Å². The Morgan fingerprint density at radius 1 is 1.14 bits per heavy atom. The first-order valence-electron chi connectivity index (χ1n) is 9.92. The number of halogens is 1. The lowest BCUT2D eigenvalue weighted by atomic mass is 10.1. The molecule has 0 aliphatic carbocycles. The van der Waals surface area contributed by atoms with Crippen LogP contribution in [0.5, 0.6) is 0 Å². The molecule has 156 valence electrons. The van der Waals surface area contributed by atoms with Crippen molar-refractivity contribution < 1.29 is 9.59 Å². The first-order valence-corrected chi connectivity index (χ1v) is 11.3. The lowest BCUT2D eigenvalue weighted by Crippen LogP contribution is -2.48. The highest BCUT2D eigenvalue weighted by molar-refractivity contribution is 8.00. The Hall–Kier alpha value is -1.98. The minimum Gasteiger partial charge on any atom is -0.354 e. The van der Waals surface area contributed by atoms with E-state index in [9.17, 15) is 9.59 Å². The van der Waals surface area contributed by atoms with E-state index in [1.807, 2.05) is 55.5 Å². The number of amides is 2. The van der Waals surface area contributed by atoms with E-state index < -0.39 is 6.04 Å². The number of carbonyl (C=O) groups excluding carboxylic acids is 2. The maximum atomic E-state index is 13.1. The van der Waals surface area contributed by atoms with E-state index in [2.05, 4.69) is 12.2 Å². The van der Waals surface area contributed by atoms with Gasteiger partial charge < -0.3 is 10.2 Å². The molecule has 2 aromatic carbocycles. The third-order valence-electron chi connectivity index (χ3n) is 4.77. The summed E-state index contributed by atoms with van der Waals surface area (Å²) in [7, 11) is 0. The van der Waals surface area contributed by atoms with Gasteiger partial charge in [0.2, 0.25) is 11.8 Å². The second-order valence-electron chi connectivity index (χ2n) is 7.01. The predicted octanol–water partition coefficient (Wildman–Crippen LogP) is 5.07. The summed E-state index contributed by atoms with van der Waals surface area (Å²) in [5.74, 6) is 0.0864. The number of nitrogens with zero attached hydrogens (tertiary/aromatic N) is 1. The predicted molar refractivity (Wildman–Crippen MR) is 121 cm³/mol. The van der Waals surface area contributed by atoms with Crippen LogP contribution in [0, 0.1) is 6.92 Å². The van der Waals surface area contributed by atoms with Crippen LogP contribution in [0.15, 0.2) is 53.4 Å². The van der Waals surface area contributed by atoms with Gasteiger partial charge in [0, 0.05) is 23.0 Å². The third kappa shape index (κ3) is 7.41. The summed E-state index contributed by atoms with van der Waals surface area (Å²) in [5.41, 5.74) is 2.15. The molecule has 0 fully saturated rings.